The van der Waals surface area contributed by atoms with Gasteiger partial charge in [-0.15, -0.1) is 0 Å². The van der Waals surface area contributed by atoms with Crippen molar-refractivity contribution in [3.05, 3.63) is 34.3 Å². The van der Waals surface area contributed by atoms with Crippen molar-refractivity contribution in [2.75, 3.05) is 0 Å². The van der Waals surface area contributed by atoms with Gasteiger partial charge < -0.3 is 0 Å². The van der Waals surface area contributed by atoms with E-state index in [4.69, 9.17) is 16.6 Å². The second-order valence-electron chi connectivity index (χ2n) is 9.65. The molecule has 1 heterocycles. The average molecular weight is 356 g/mol. The van der Waals surface area contributed by atoms with Crippen molar-refractivity contribution in [3.8, 4) is 0 Å². The minimum absolute atomic E-state index is 0.00964. The summed E-state index contributed by atoms with van der Waals surface area (Å²) in [4.78, 5) is 18.5. The van der Waals surface area contributed by atoms with Crippen LogP contribution in [0.5, 0.6) is 0 Å². The molecule has 0 amide bonds. The van der Waals surface area contributed by atoms with Crippen LogP contribution in [-0.4, -0.2) is 17.0 Å². The topological polar surface area (TPSA) is 29.4 Å². The lowest BCUT2D eigenvalue weighted by Gasteiger charge is -2.33. The van der Waals surface area contributed by atoms with E-state index in [-0.39, 0.29) is 11.0 Å². The summed E-state index contributed by atoms with van der Waals surface area (Å²) in [5, 5.41) is 0.771. The molecule has 2 unspecified atom stereocenters. The fourth-order valence-corrected chi connectivity index (χ4v) is 6.83. The third-order valence-electron chi connectivity index (χ3n) is 7.31. The molecule has 1 aromatic carbocycles. The zero-order valence-corrected chi connectivity index (χ0v) is 15.9. The maximum absolute atomic E-state index is 13.5. The number of carbonyl (C=O) groups excluding carboxylic acids is 1. The summed E-state index contributed by atoms with van der Waals surface area (Å²) in [6.07, 6.45) is 7.67. The van der Waals surface area contributed by atoms with Crippen LogP contribution in [0.15, 0.2) is 23.2 Å². The van der Waals surface area contributed by atoms with Crippen LogP contribution >= 0.6 is 11.6 Å². The second-order valence-corrected chi connectivity index (χ2v) is 10.1. The molecule has 132 valence electrons. The van der Waals surface area contributed by atoms with Gasteiger partial charge >= 0.3 is 0 Å². The molecule has 1 aliphatic heterocycles. The predicted octanol–water partition coefficient (Wildman–Crippen LogP) is 5.25. The fraction of sp³-hybridized carbons (Fsp3) is 0.636. The Morgan fingerprint density at radius 1 is 1.20 bits per heavy atom. The van der Waals surface area contributed by atoms with Gasteiger partial charge in [0.2, 0.25) is 0 Å². The van der Waals surface area contributed by atoms with Crippen molar-refractivity contribution in [3.63, 3.8) is 0 Å². The lowest BCUT2D eigenvalue weighted by molar-refractivity contribution is -0.129. The van der Waals surface area contributed by atoms with Crippen LogP contribution in [0.2, 0.25) is 5.02 Å². The molecule has 2 atom stereocenters. The summed E-state index contributed by atoms with van der Waals surface area (Å²) in [5.41, 5.74) is 3.21. The minimum atomic E-state index is -0.155. The van der Waals surface area contributed by atoms with E-state index in [0.29, 0.717) is 18.1 Å². The van der Waals surface area contributed by atoms with Crippen LogP contribution in [0.1, 0.15) is 63.5 Å². The lowest BCUT2D eigenvalue weighted by atomic mass is 9.71. The molecule has 5 aliphatic rings. The van der Waals surface area contributed by atoms with Crippen LogP contribution in [0.4, 0.5) is 0 Å². The Bertz CT molecular complexity index is 779. The largest absolute Gasteiger partial charge is 0.299 e. The zero-order valence-electron chi connectivity index (χ0n) is 15.1. The number of carbonyl (C=O) groups is 1. The Balaban J connectivity index is 1.48. The first-order valence-corrected chi connectivity index (χ1v) is 10.1. The molecule has 4 saturated carbocycles. The van der Waals surface area contributed by atoms with Crippen molar-refractivity contribution in [1.82, 2.24) is 0 Å². The number of halogens is 1. The monoisotopic (exact) mass is 355 g/mol. The van der Waals surface area contributed by atoms with Crippen LogP contribution in [-0.2, 0) is 11.2 Å². The maximum atomic E-state index is 13.5. The molecule has 1 aromatic rings. The van der Waals surface area contributed by atoms with Gasteiger partial charge in [0, 0.05) is 16.9 Å². The van der Waals surface area contributed by atoms with E-state index in [9.17, 15) is 4.79 Å². The highest BCUT2D eigenvalue weighted by Crippen LogP contribution is 2.66. The molecule has 4 fully saturated rings. The van der Waals surface area contributed by atoms with E-state index in [1.54, 1.807) is 0 Å². The first-order chi connectivity index (χ1) is 11.8. The normalized spacial score (nSPS) is 37.1. The Kier molecular flexibility index (Phi) is 3.33. The molecule has 0 radical (unpaired) electrons. The summed E-state index contributed by atoms with van der Waals surface area (Å²) >= 11 is 6.21. The van der Waals surface area contributed by atoms with Crippen molar-refractivity contribution in [2.45, 2.75) is 64.3 Å². The first-order valence-electron chi connectivity index (χ1n) is 9.75. The van der Waals surface area contributed by atoms with E-state index in [0.717, 1.165) is 47.4 Å². The van der Waals surface area contributed by atoms with Gasteiger partial charge in [0.25, 0.3) is 0 Å². The number of benzene rings is 1. The Morgan fingerprint density at radius 3 is 2.64 bits per heavy atom. The van der Waals surface area contributed by atoms with Crippen molar-refractivity contribution >= 4 is 23.1 Å². The molecule has 0 spiro atoms. The lowest BCUT2D eigenvalue weighted by Crippen LogP contribution is -2.36. The number of ketones is 1. The van der Waals surface area contributed by atoms with Gasteiger partial charge in [-0.1, -0.05) is 17.7 Å². The first kappa shape index (κ1) is 16.1. The fourth-order valence-electron chi connectivity index (χ4n) is 6.64. The molecule has 25 heavy (non-hydrogen) atoms. The smallest absolute Gasteiger partial charge is 0.145 e. The van der Waals surface area contributed by atoms with Gasteiger partial charge in [-0.3, -0.25) is 9.79 Å². The van der Waals surface area contributed by atoms with Crippen LogP contribution in [0, 0.1) is 23.2 Å². The van der Waals surface area contributed by atoms with Crippen molar-refractivity contribution in [2.24, 2.45) is 28.2 Å². The summed E-state index contributed by atoms with van der Waals surface area (Å²) in [6.45, 7) is 4.31. The SMILES string of the molecule is CC1(C)Cc2cc(Cl)ccc2C(CC(=O)C23CC4CC(CC2C4)C3)=N1. The molecule has 6 rings (SSSR count). The number of hydrogen-bond acceptors (Lipinski definition) is 2. The van der Waals surface area contributed by atoms with Gasteiger partial charge in [0.15, 0.2) is 0 Å². The Morgan fingerprint density at radius 2 is 1.92 bits per heavy atom. The van der Waals surface area contributed by atoms with E-state index >= 15 is 0 Å². The van der Waals surface area contributed by atoms with Crippen molar-refractivity contribution in [1.29, 1.82) is 0 Å². The van der Waals surface area contributed by atoms with E-state index < -0.39 is 0 Å². The van der Waals surface area contributed by atoms with Gasteiger partial charge in [-0.25, -0.2) is 0 Å². The highest BCUT2D eigenvalue weighted by Gasteiger charge is 2.60. The zero-order chi connectivity index (χ0) is 17.4. The second kappa shape index (κ2) is 5.19. The Hall–Kier alpha value is -1.15. The quantitative estimate of drug-likeness (QED) is 0.728. The molecule has 0 N–H and O–H groups in total. The molecular weight excluding hydrogens is 330 g/mol. The van der Waals surface area contributed by atoms with Crippen LogP contribution < -0.4 is 0 Å². The highest BCUT2D eigenvalue weighted by molar-refractivity contribution is 6.30. The molecule has 3 heteroatoms. The standard InChI is InChI=1S/C22H26ClNO/c1-21(2)12-15-8-17(23)3-4-18(15)19(24-21)9-20(25)22-10-13-5-14(11-22)7-16(22)6-13/h3-4,8,13-14,16H,5-7,9-12H2,1-2H3. The number of hydrogen-bond donors (Lipinski definition) is 0. The highest BCUT2D eigenvalue weighted by atomic mass is 35.5. The van der Waals surface area contributed by atoms with Crippen LogP contribution in [0.25, 0.3) is 0 Å². The summed E-state index contributed by atoms with van der Waals surface area (Å²) in [7, 11) is 0. The molecule has 4 aliphatic carbocycles. The predicted molar refractivity (Wildman–Crippen MR) is 101 cm³/mol. The molecule has 2 nitrogen and oxygen atoms in total. The van der Waals surface area contributed by atoms with Crippen molar-refractivity contribution < 1.29 is 4.79 Å². The molecule has 0 aromatic heterocycles. The summed E-state index contributed by atoms with van der Waals surface area (Å²) < 4.78 is 0. The number of aliphatic imine (C=N–C) groups is 1. The molecule has 4 bridgehead atoms. The van der Waals surface area contributed by atoms with Gasteiger partial charge in [0.1, 0.15) is 5.78 Å². The number of fused-ring (bicyclic) bond motifs is 1. The third kappa shape index (κ3) is 2.44. The number of rotatable bonds is 3. The van der Waals surface area contributed by atoms with E-state index in [1.807, 2.05) is 6.07 Å². The third-order valence-corrected chi connectivity index (χ3v) is 7.55. The molecule has 0 saturated heterocycles. The average Bonchev–Trinajstić information content (AvgIpc) is 2.91. The van der Waals surface area contributed by atoms with Crippen LogP contribution in [0.3, 0.4) is 0 Å². The number of Topliss-reactive ketones (excluding diaryl/α,β-unsaturated/α-hetero) is 1. The summed E-state index contributed by atoms with van der Waals surface area (Å²) in [6, 6.07) is 6.05. The number of nitrogens with zero attached hydrogens (tertiary/aromatic N) is 1. The van der Waals surface area contributed by atoms with E-state index in [1.165, 1.54) is 24.8 Å². The minimum Gasteiger partial charge on any atom is -0.299 e. The van der Waals surface area contributed by atoms with E-state index in [2.05, 4.69) is 26.0 Å². The van der Waals surface area contributed by atoms with Gasteiger partial charge in [-0.2, -0.15) is 0 Å². The van der Waals surface area contributed by atoms with Gasteiger partial charge in [0.05, 0.1) is 11.3 Å². The Labute approximate surface area is 155 Å². The molecular formula is C22H26ClNO. The maximum Gasteiger partial charge on any atom is 0.145 e. The summed E-state index contributed by atoms with van der Waals surface area (Å²) in [5.74, 6) is 2.76. The van der Waals surface area contributed by atoms with Gasteiger partial charge in [-0.05, 0) is 93.4 Å².